The molecule has 4 nitrogen and oxygen atoms in total. The number of rotatable bonds is 4. The molecule has 0 fully saturated rings. The lowest BCUT2D eigenvalue weighted by molar-refractivity contribution is 1.30. The van der Waals surface area contributed by atoms with Gasteiger partial charge in [0, 0.05) is 28.2 Å². The first-order valence-corrected chi connectivity index (χ1v) is 9.82. The van der Waals surface area contributed by atoms with Crippen molar-refractivity contribution in [2.45, 2.75) is 4.90 Å². The molecule has 0 aliphatic heterocycles. The van der Waals surface area contributed by atoms with Gasteiger partial charge in [0.05, 0.1) is 15.9 Å². The number of aromatic nitrogens is 3. The van der Waals surface area contributed by atoms with Crippen LogP contribution in [0.4, 0.5) is 10.3 Å². The van der Waals surface area contributed by atoms with E-state index in [4.69, 9.17) is 4.98 Å². The van der Waals surface area contributed by atoms with Crippen molar-refractivity contribution in [1.29, 1.82) is 0 Å². The number of para-hydroxylation sites is 1. The fourth-order valence-corrected chi connectivity index (χ4v) is 4.51. The number of nitrogens with zero attached hydrogens (tertiary/aromatic N) is 3. The van der Waals surface area contributed by atoms with Crippen molar-refractivity contribution in [3.8, 4) is 11.3 Å². The van der Waals surface area contributed by atoms with Crippen molar-refractivity contribution in [2.24, 2.45) is 0 Å². The highest BCUT2D eigenvalue weighted by Gasteiger charge is 2.10. The van der Waals surface area contributed by atoms with Crippen LogP contribution in [-0.2, 0) is 0 Å². The maximum atomic E-state index is 4.70. The molecule has 4 rings (SSSR count). The van der Waals surface area contributed by atoms with Crippen molar-refractivity contribution in [3.63, 3.8) is 0 Å². The zero-order valence-electron chi connectivity index (χ0n) is 12.2. The lowest BCUT2D eigenvalue weighted by Gasteiger charge is -1.96. The van der Waals surface area contributed by atoms with Crippen molar-refractivity contribution < 1.29 is 0 Å². The summed E-state index contributed by atoms with van der Waals surface area (Å²) in [6, 6.07) is 10.2. The molecule has 0 spiro atoms. The van der Waals surface area contributed by atoms with Gasteiger partial charge in [0.25, 0.3) is 0 Å². The quantitative estimate of drug-likeness (QED) is 0.504. The largest absolute Gasteiger partial charge is 0.307 e. The summed E-state index contributed by atoms with van der Waals surface area (Å²) in [5.41, 5.74) is 3.00. The van der Waals surface area contributed by atoms with Gasteiger partial charge in [0.15, 0.2) is 10.3 Å². The molecule has 0 amide bonds. The molecule has 0 saturated carbocycles. The maximum absolute atomic E-state index is 4.70. The number of anilines is 2. The summed E-state index contributed by atoms with van der Waals surface area (Å²) in [6.45, 7) is 0. The summed E-state index contributed by atoms with van der Waals surface area (Å²) >= 11 is 4.93. The van der Waals surface area contributed by atoms with Crippen LogP contribution >= 0.6 is 34.4 Å². The molecular formula is C16H12N4S3. The lowest BCUT2D eigenvalue weighted by Crippen LogP contribution is -1.88. The highest BCUT2D eigenvalue weighted by Crippen LogP contribution is 2.34. The molecule has 1 aromatic carbocycles. The number of fused-ring (bicyclic) bond motifs is 1. The second-order valence-electron chi connectivity index (χ2n) is 4.73. The molecule has 1 N–H and O–H groups in total. The van der Waals surface area contributed by atoms with Crippen LogP contribution in [0.1, 0.15) is 0 Å². The molecule has 0 saturated heterocycles. The number of hydrogen-bond acceptors (Lipinski definition) is 7. The summed E-state index contributed by atoms with van der Waals surface area (Å²) in [5, 5.41) is 7.06. The minimum absolute atomic E-state index is 0.841. The normalized spacial score (nSPS) is 11.0. The van der Waals surface area contributed by atoms with E-state index in [-0.39, 0.29) is 0 Å². The molecule has 114 valence electrons. The Morgan fingerprint density at radius 1 is 1.09 bits per heavy atom. The van der Waals surface area contributed by atoms with Gasteiger partial charge in [-0.25, -0.2) is 9.97 Å². The Bertz CT molecular complexity index is 946. The van der Waals surface area contributed by atoms with E-state index in [2.05, 4.69) is 39.7 Å². The third-order valence-electron chi connectivity index (χ3n) is 3.28. The first-order valence-electron chi connectivity index (χ1n) is 6.90. The van der Waals surface area contributed by atoms with Gasteiger partial charge in [-0.2, -0.15) is 0 Å². The second-order valence-corrected chi connectivity index (χ2v) is 7.47. The molecule has 0 aliphatic rings. The van der Waals surface area contributed by atoms with Gasteiger partial charge >= 0.3 is 0 Å². The highest BCUT2D eigenvalue weighted by atomic mass is 32.2. The molecule has 0 bridgehead atoms. The van der Waals surface area contributed by atoms with E-state index < -0.39 is 0 Å². The number of pyridine rings is 1. The number of thiazole rings is 2. The van der Waals surface area contributed by atoms with Gasteiger partial charge in [0.1, 0.15) is 0 Å². The molecule has 0 unspecified atom stereocenters. The van der Waals surface area contributed by atoms with Crippen LogP contribution in [0.3, 0.4) is 0 Å². The van der Waals surface area contributed by atoms with Gasteiger partial charge in [-0.15, -0.1) is 23.1 Å². The third-order valence-corrected chi connectivity index (χ3v) is 5.74. The van der Waals surface area contributed by atoms with Crippen LogP contribution in [-0.4, -0.2) is 21.2 Å². The number of benzene rings is 1. The van der Waals surface area contributed by atoms with Gasteiger partial charge in [-0.05, 0) is 30.5 Å². The number of thioether (sulfide) groups is 1. The molecule has 0 atom stereocenters. The van der Waals surface area contributed by atoms with E-state index in [1.54, 1.807) is 40.6 Å². The molecule has 0 radical (unpaired) electrons. The monoisotopic (exact) mass is 356 g/mol. The Morgan fingerprint density at radius 2 is 2.04 bits per heavy atom. The molecule has 23 heavy (non-hydrogen) atoms. The van der Waals surface area contributed by atoms with Crippen LogP contribution in [0.5, 0.6) is 0 Å². The fraction of sp³-hybridized carbons (Fsp3) is 0.0625. The highest BCUT2D eigenvalue weighted by molar-refractivity contribution is 7.98. The molecule has 7 heteroatoms. The van der Waals surface area contributed by atoms with Crippen molar-refractivity contribution in [2.75, 3.05) is 11.6 Å². The van der Waals surface area contributed by atoms with E-state index in [0.717, 1.165) is 27.0 Å². The number of hydrogen-bond donors (Lipinski definition) is 1. The van der Waals surface area contributed by atoms with E-state index in [9.17, 15) is 0 Å². The average molecular weight is 357 g/mol. The first-order chi connectivity index (χ1) is 11.3. The molecule has 4 aromatic rings. The molecule has 3 aromatic heterocycles. The summed E-state index contributed by atoms with van der Waals surface area (Å²) < 4.78 is 1.18. The molecule has 0 aliphatic carbocycles. The Labute approximate surface area is 145 Å². The predicted molar refractivity (Wildman–Crippen MR) is 100 cm³/mol. The zero-order valence-corrected chi connectivity index (χ0v) is 14.6. The van der Waals surface area contributed by atoms with Gasteiger partial charge < -0.3 is 5.32 Å². The van der Waals surface area contributed by atoms with E-state index >= 15 is 0 Å². The maximum Gasteiger partial charge on any atom is 0.190 e. The Balaban J connectivity index is 1.63. The third kappa shape index (κ3) is 2.95. The first kappa shape index (κ1) is 14.6. The summed E-state index contributed by atoms with van der Waals surface area (Å²) in [6.07, 6.45) is 5.66. The van der Waals surface area contributed by atoms with Crippen molar-refractivity contribution >= 4 is 54.9 Å². The topological polar surface area (TPSA) is 50.7 Å². The summed E-state index contributed by atoms with van der Waals surface area (Å²) in [5.74, 6) is 0. The Kier molecular flexibility index (Phi) is 3.99. The fourth-order valence-electron chi connectivity index (χ4n) is 2.21. The van der Waals surface area contributed by atoms with Gasteiger partial charge in [-0.1, -0.05) is 17.4 Å². The van der Waals surface area contributed by atoms with Crippen LogP contribution in [0.2, 0.25) is 0 Å². The van der Waals surface area contributed by atoms with Gasteiger partial charge in [0.2, 0.25) is 0 Å². The Morgan fingerprint density at radius 3 is 2.87 bits per heavy atom. The minimum Gasteiger partial charge on any atom is -0.307 e. The van der Waals surface area contributed by atoms with Crippen molar-refractivity contribution in [3.05, 3.63) is 48.1 Å². The SMILES string of the molecule is CSc1cccc2sc(Nc3nc(-c4cccnc4)cs3)nc12. The second kappa shape index (κ2) is 6.27. The van der Waals surface area contributed by atoms with E-state index in [1.165, 1.54) is 9.60 Å². The van der Waals surface area contributed by atoms with Crippen LogP contribution in [0.15, 0.2) is 53.0 Å². The van der Waals surface area contributed by atoms with Crippen molar-refractivity contribution in [1.82, 2.24) is 15.0 Å². The number of nitrogens with one attached hydrogen (secondary N) is 1. The van der Waals surface area contributed by atoms with Crippen LogP contribution in [0.25, 0.3) is 21.5 Å². The Hall–Kier alpha value is -1.96. The summed E-state index contributed by atoms with van der Waals surface area (Å²) in [4.78, 5) is 14.6. The van der Waals surface area contributed by atoms with E-state index in [1.807, 2.05) is 23.7 Å². The van der Waals surface area contributed by atoms with Gasteiger partial charge in [-0.3, -0.25) is 4.98 Å². The van der Waals surface area contributed by atoms with E-state index in [0.29, 0.717) is 0 Å². The molecular weight excluding hydrogens is 344 g/mol. The van der Waals surface area contributed by atoms with Crippen LogP contribution in [0, 0.1) is 0 Å². The summed E-state index contributed by atoms with van der Waals surface area (Å²) in [7, 11) is 0. The standard InChI is InChI=1S/C16H12N4S3/c1-21-12-5-2-6-13-14(12)19-16(23-13)20-15-18-11(9-22-15)10-4-3-7-17-8-10/h2-9H,1H3,(H,18,19,20). The predicted octanol–water partition coefficient (Wildman–Crippen LogP) is 5.28. The zero-order chi connectivity index (χ0) is 15.6. The minimum atomic E-state index is 0.841. The molecule has 3 heterocycles. The lowest BCUT2D eigenvalue weighted by atomic mass is 10.2. The smallest absolute Gasteiger partial charge is 0.190 e. The van der Waals surface area contributed by atoms with Crippen LogP contribution < -0.4 is 5.32 Å². The average Bonchev–Trinajstić information content (AvgIpc) is 3.22.